The normalized spacial score (nSPS) is 42.8. The predicted molar refractivity (Wildman–Crippen MR) is 101 cm³/mol. The Morgan fingerprint density at radius 3 is 2.88 bits per heavy atom. The first kappa shape index (κ1) is 17.6. The first-order valence-corrected chi connectivity index (χ1v) is 10.9. The minimum absolute atomic E-state index is 0.0380. The molecule has 0 bridgehead atoms. The average molecular weight is 345 g/mol. The van der Waals surface area contributed by atoms with Crippen molar-refractivity contribution in [2.45, 2.75) is 84.0 Å². The van der Waals surface area contributed by atoms with E-state index >= 15 is 0 Å². The number of hydrogen-bond acceptors (Lipinski definition) is 2. The van der Waals surface area contributed by atoms with Crippen LogP contribution < -0.4 is 0 Å². The molecule has 3 saturated carbocycles. The van der Waals surface area contributed by atoms with Crippen molar-refractivity contribution in [1.82, 2.24) is 0 Å². The highest BCUT2D eigenvalue weighted by Crippen LogP contribution is 2.62. The SMILES string of the molecule is COC(=O)CCCC1CCC2C3CCC4CCCCC4(C)C3=CCC12. The van der Waals surface area contributed by atoms with Crippen molar-refractivity contribution in [2.75, 3.05) is 7.11 Å². The second-order valence-corrected chi connectivity index (χ2v) is 9.57. The van der Waals surface area contributed by atoms with E-state index in [0.717, 1.165) is 36.0 Å². The zero-order valence-electron chi connectivity index (χ0n) is 16.3. The zero-order chi connectivity index (χ0) is 17.4. The summed E-state index contributed by atoms with van der Waals surface area (Å²) in [7, 11) is 1.50. The third-order valence-electron chi connectivity index (χ3n) is 8.62. The van der Waals surface area contributed by atoms with Crippen LogP contribution >= 0.6 is 0 Å². The van der Waals surface area contributed by atoms with Crippen LogP contribution in [-0.4, -0.2) is 13.1 Å². The van der Waals surface area contributed by atoms with E-state index in [4.69, 9.17) is 4.74 Å². The first-order chi connectivity index (χ1) is 12.1. The Hall–Kier alpha value is -0.790. The van der Waals surface area contributed by atoms with Gasteiger partial charge in [-0.15, -0.1) is 0 Å². The molecule has 0 saturated heterocycles. The van der Waals surface area contributed by atoms with Gasteiger partial charge in [0.25, 0.3) is 0 Å². The van der Waals surface area contributed by atoms with Gasteiger partial charge < -0.3 is 4.74 Å². The van der Waals surface area contributed by atoms with Gasteiger partial charge in [-0.05, 0) is 92.8 Å². The van der Waals surface area contributed by atoms with Gasteiger partial charge in [-0.2, -0.15) is 0 Å². The molecule has 4 aliphatic carbocycles. The van der Waals surface area contributed by atoms with Gasteiger partial charge in [0, 0.05) is 6.42 Å². The molecule has 0 radical (unpaired) electrons. The Bertz CT molecular complexity index is 536. The van der Waals surface area contributed by atoms with E-state index in [1.54, 1.807) is 0 Å². The lowest BCUT2D eigenvalue weighted by Crippen LogP contribution is -2.44. The van der Waals surface area contributed by atoms with Crippen LogP contribution in [0.3, 0.4) is 0 Å². The standard InChI is InChI=1S/C23H36O2/c1-23-15-4-3-7-17(23)10-12-20-19-11-9-16(6-5-8-22(24)25-2)18(19)13-14-21(20)23/h14,16-20H,3-13,15H2,1-2H3. The molecule has 0 aromatic carbocycles. The van der Waals surface area contributed by atoms with Crippen LogP contribution in [0.5, 0.6) is 0 Å². The van der Waals surface area contributed by atoms with Crippen LogP contribution in [-0.2, 0) is 9.53 Å². The summed E-state index contributed by atoms with van der Waals surface area (Å²) >= 11 is 0. The Labute approximate surface area is 153 Å². The second kappa shape index (κ2) is 7.08. The largest absolute Gasteiger partial charge is 0.469 e. The van der Waals surface area contributed by atoms with Crippen LogP contribution in [0, 0.1) is 35.0 Å². The van der Waals surface area contributed by atoms with E-state index in [9.17, 15) is 4.79 Å². The minimum atomic E-state index is -0.0380. The van der Waals surface area contributed by atoms with Gasteiger partial charge in [-0.3, -0.25) is 4.79 Å². The molecule has 0 aliphatic heterocycles. The highest BCUT2D eigenvalue weighted by molar-refractivity contribution is 5.68. The van der Waals surface area contributed by atoms with Gasteiger partial charge in [0.05, 0.1) is 7.11 Å². The molecule has 6 atom stereocenters. The van der Waals surface area contributed by atoms with Crippen LogP contribution in [0.25, 0.3) is 0 Å². The summed E-state index contributed by atoms with van der Waals surface area (Å²) < 4.78 is 4.81. The smallest absolute Gasteiger partial charge is 0.305 e. The minimum Gasteiger partial charge on any atom is -0.469 e. The summed E-state index contributed by atoms with van der Waals surface area (Å²) in [5.41, 5.74) is 2.43. The van der Waals surface area contributed by atoms with Crippen molar-refractivity contribution in [3.63, 3.8) is 0 Å². The fraction of sp³-hybridized carbons (Fsp3) is 0.870. The summed E-state index contributed by atoms with van der Waals surface area (Å²) in [6, 6.07) is 0. The van der Waals surface area contributed by atoms with Gasteiger partial charge in [0.15, 0.2) is 0 Å². The van der Waals surface area contributed by atoms with E-state index in [1.165, 1.54) is 71.3 Å². The monoisotopic (exact) mass is 344 g/mol. The molecular weight excluding hydrogens is 308 g/mol. The van der Waals surface area contributed by atoms with Crippen LogP contribution in [0.4, 0.5) is 0 Å². The lowest BCUT2D eigenvalue weighted by molar-refractivity contribution is -0.140. The molecule has 3 fully saturated rings. The average Bonchev–Trinajstić information content (AvgIpc) is 3.04. The summed E-state index contributed by atoms with van der Waals surface area (Å²) in [4.78, 5) is 11.4. The van der Waals surface area contributed by atoms with Gasteiger partial charge in [-0.25, -0.2) is 0 Å². The Morgan fingerprint density at radius 1 is 1.16 bits per heavy atom. The molecule has 140 valence electrons. The molecule has 25 heavy (non-hydrogen) atoms. The summed E-state index contributed by atoms with van der Waals surface area (Å²) in [5, 5.41) is 0. The van der Waals surface area contributed by atoms with E-state index in [2.05, 4.69) is 13.0 Å². The molecule has 2 nitrogen and oxygen atoms in total. The Balaban J connectivity index is 1.44. The summed E-state index contributed by atoms with van der Waals surface area (Å²) in [6.45, 7) is 2.61. The molecule has 4 aliphatic rings. The number of rotatable bonds is 4. The molecule has 6 unspecified atom stereocenters. The van der Waals surface area contributed by atoms with Crippen LogP contribution in [0.1, 0.15) is 84.0 Å². The topological polar surface area (TPSA) is 26.3 Å². The number of hydrogen-bond donors (Lipinski definition) is 0. The molecule has 2 heteroatoms. The second-order valence-electron chi connectivity index (χ2n) is 9.57. The van der Waals surface area contributed by atoms with Crippen molar-refractivity contribution < 1.29 is 9.53 Å². The lowest BCUT2D eigenvalue weighted by Gasteiger charge is -2.54. The molecule has 0 aromatic rings. The van der Waals surface area contributed by atoms with Gasteiger partial charge in [0.2, 0.25) is 0 Å². The van der Waals surface area contributed by atoms with Gasteiger partial charge in [-0.1, -0.05) is 31.4 Å². The lowest BCUT2D eigenvalue weighted by atomic mass is 9.51. The number of carbonyl (C=O) groups excluding carboxylic acids is 1. The number of methoxy groups -OCH3 is 1. The summed E-state index contributed by atoms with van der Waals surface area (Å²) in [6.07, 6.45) is 18.5. The molecule has 0 aromatic heterocycles. The maximum atomic E-state index is 11.4. The van der Waals surface area contributed by atoms with E-state index in [0.29, 0.717) is 11.8 Å². The van der Waals surface area contributed by atoms with Crippen molar-refractivity contribution in [3.8, 4) is 0 Å². The molecular formula is C23H36O2. The third-order valence-corrected chi connectivity index (χ3v) is 8.62. The number of carbonyl (C=O) groups is 1. The summed E-state index contributed by atoms with van der Waals surface area (Å²) in [5.74, 6) is 4.52. The number of allylic oxidation sites excluding steroid dienone is 2. The molecule has 0 spiro atoms. The molecule has 0 heterocycles. The van der Waals surface area contributed by atoms with Crippen molar-refractivity contribution in [3.05, 3.63) is 11.6 Å². The molecule has 0 amide bonds. The number of fused-ring (bicyclic) bond motifs is 5. The Kier molecular flexibility index (Phi) is 4.99. The fourth-order valence-electron chi connectivity index (χ4n) is 7.32. The van der Waals surface area contributed by atoms with Gasteiger partial charge in [0.1, 0.15) is 0 Å². The van der Waals surface area contributed by atoms with Crippen molar-refractivity contribution >= 4 is 5.97 Å². The maximum absolute atomic E-state index is 11.4. The van der Waals surface area contributed by atoms with E-state index < -0.39 is 0 Å². The highest BCUT2D eigenvalue weighted by Gasteiger charge is 2.51. The quantitative estimate of drug-likeness (QED) is 0.468. The van der Waals surface area contributed by atoms with Crippen molar-refractivity contribution in [1.29, 1.82) is 0 Å². The maximum Gasteiger partial charge on any atom is 0.305 e. The molecule has 0 N–H and O–H groups in total. The van der Waals surface area contributed by atoms with Crippen molar-refractivity contribution in [2.24, 2.45) is 35.0 Å². The number of esters is 1. The van der Waals surface area contributed by atoms with E-state index in [-0.39, 0.29) is 5.97 Å². The third kappa shape index (κ3) is 3.08. The Morgan fingerprint density at radius 2 is 2.04 bits per heavy atom. The first-order valence-electron chi connectivity index (χ1n) is 10.9. The fourth-order valence-corrected chi connectivity index (χ4v) is 7.32. The van der Waals surface area contributed by atoms with Crippen LogP contribution in [0.15, 0.2) is 11.6 Å². The predicted octanol–water partition coefficient (Wildman–Crippen LogP) is 5.91. The number of ether oxygens (including phenoxy) is 1. The van der Waals surface area contributed by atoms with Crippen LogP contribution in [0.2, 0.25) is 0 Å². The zero-order valence-corrected chi connectivity index (χ0v) is 16.3. The van der Waals surface area contributed by atoms with E-state index in [1.807, 2.05) is 5.57 Å². The molecule has 4 rings (SSSR count). The van der Waals surface area contributed by atoms with Gasteiger partial charge >= 0.3 is 5.97 Å². The highest BCUT2D eigenvalue weighted by atomic mass is 16.5.